The second-order valence-corrected chi connectivity index (χ2v) is 4.15. The Morgan fingerprint density at radius 3 is 2.86 bits per heavy atom. The van der Waals surface area contributed by atoms with E-state index in [0.717, 1.165) is 45.6 Å². The molecule has 0 spiro atoms. The Labute approximate surface area is 86.8 Å². The predicted molar refractivity (Wildman–Crippen MR) is 57.3 cm³/mol. The number of hydrogen-bond donors (Lipinski definition) is 2. The quantitative estimate of drug-likeness (QED) is 0.607. The molecular weight excluding hydrogens is 178 g/mol. The fourth-order valence-electron chi connectivity index (χ4n) is 1.93. The predicted octanol–water partition coefficient (Wildman–Crippen LogP) is 1.16. The summed E-state index contributed by atoms with van der Waals surface area (Å²) in [5.41, 5.74) is 0. The van der Waals surface area contributed by atoms with E-state index in [1.807, 2.05) is 0 Å². The van der Waals surface area contributed by atoms with Gasteiger partial charge in [-0.05, 0) is 38.1 Å². The molecule has 2 N–H and O–H groups in total. The summed E-state index contributed by atoms with van der Waals surface area (Å²) in [4.78, 5) is 0. The average molecular weight is 201 g/mol. The second kappa shape index (κ2) is 7.21. The highest BCUT2D eigenvalue weighted by Crippen LogP contribution is 2.24. The molecule has 1 saturated carbocycles. The van der Waals surface area contributed by atoms with Crippen LogP contribution in [0, 0.1) is 5.92 Å². The lowest BCUT2D eigenvalue weighted by Gasteiger charge is -2.10. The lowest BCUT2D eigenvalue weighted by Crippen LogP contribution is -2.25. The minimum atomic E-state index is -0.0434. The monoisotopic (exact) mass is 201 g/mol. The van der Waals surface area contributed by atoms with Gasteiger partial charge in [-0.2, -0.15) is 0 Å². The average Bonchev–Trinajstić information content (AvgIpc) is 2.58. The molecule has 0 aromatic rings. The standard InChI is InChI=1S/C11H23NO2/c1-2-6-14-7-5-12-9-10-3-4-11(13)8-10/h10-13H,2-9H2,1H3. The molecule has 3 heteroatoms. The van der Waals surface area contributed by atoms with Crippen molar-refractivity contribution in [3.8, 4) is 0 Å². The van der Waals surface area contributed by atoms with E-state index in [0.29, 0.717) is 5.92 Å². The highest BCUT2D eigenvalue weighted by Gasteiger charge is 2.21. The van der Waals surface area contributed by atoms with Crippen LogP contribution < -0.4 is 5.32 Å². The van der Waals surface area contributed by atoms with Gasteiger partial charge in [-0.25, -0.2) is 0 Å². The third-order valence-electron chi connectivity index (χ3n) is 2.72. The molecule has 0 bridgehead atoms. The van der Waals surface area contributed by atoms with Gasteiger partial charge in [0.25, 0.3) is 0 Å². The molecule has 2 atom stereocenters. The molecule has 1 fully saturated rings. The molecule has 0 aromatic heterocycles. The highest BCUT2D eigenvalue weighted by atomic mass is 16.5. The van der Waals surface area contributed by atoms with Gasteiger partial charge in [0.2, 0.25) is 0 Å². The summed E-state index contributed by atoms with van der Waals surface area (Å²) in [6.07, 6.45) is 4.18. The van der Waals surface area contributed by atoms with Gasteiger partial charge in [-0.1, -0.05) is 6.92 Å². The minimum absolute atomic E-state index is 0.0434. The zero-order chi connectivity index (χ0) is 10.2. The number of ether oxygens (including phenoxy) is 1. The molecule has 14 heavy (non-hydrogen) atoms. The summed E-state index contributed by atoms with van der Waals surface area (Å²) in [5.74, 6) is 0.677. The Bertz CT molecular complexity index is 141. The van der Waals surface area contributed by atoms with E-state index in [2.05, 4.69) is 12.2 Å². The van der Waals surface area contributed by atoms with Gasteiger partial charge < -0.3 is 15.2 Å². The Kier molecular flexibility index (Phi) is 6.15. The highest BCUT2D eigenvalue weighted by molar-refractivity contribution is 4.75. The van der Waals surface area contributed by atoms with Crippen molar-refractivity contribution in [2.45, 2.75) is 38.7 Å². The van der Waals surface area contributed by atoms with Gasteiger partial charge >= 0.3 is 0 Å². The zero-order valence-corrected chi connectivity index (χ0v) is 9.17. The van der Waals surface area contributed by atoms with Gasteiger partial charge in [-0.3, -0.25) is 0 Å². The maximum absolute atomic E-state index is 9.32. The van der Waals surface area contributed by atoms with Gasteiger partial charge in [0, 0.05) is 13.2 Å². The van der Waals surface area contributed by atoms with Crippen molar-refractivity contribution in [1.29, 1.82) is 0 Å². The first-order valence-corrected chi connectivity index (χ1v) is 5.79. The number of aliphatic hydroxyl groups is 1. The Balaban J connectivity index is 1.84. The smallest absolute Gasteiger partial charge is 0.0590 e. The fourth-order valence-corrected chi connectivity index (χ4v) is 1.93. The zero-order valence-electron chi connectivity index (χ0n) is 9.17. The van der Waals surface area contributed by atoms with E-state index in [9.17, 15) is 5.11 Å². The topological polar surface area (TPSA) is 41.5 Å². The third-order valence-corrected chi connectivity index (χ3v) is 2.72. The van der Waals surface area contributed by atoms with Crippen molar-refractivity contribution < 1.29 is 9.84 Å². The SMILES string of the molecule is CCCOCCNCC1CCC(O)C1. The van der Waals surface area contributed by atoms with E-state index in [1.54, 1.807) is 0 Å². The molecule has 0 aliphatic heterocycles. The lowest BCUT2D eigenvalue weighted by molar-refractivity contribution is 0.135. The molecule has 2 unspecified atom stereocenters. The normalized spacial score (nSPS) is 27.0. The lowest BCUT2D eigenvalue weighted by atomic mass is 10.1. The van der Waals surface area contributed by atoms with Crippen LogP contribution in [0.15, 0.2) is 0 Å². The first-order valence-electron chi connectivity index (χ1n) is 5.79. The van der Waals surface area contributed by atoms with Crippen molar-refractivity contribution in [3.05, 3.63) is 0 Å². The summed E-state index contributed by atoms with van der Waals surface area (Å²) in [6.45, 7) is 5.76. The van der Waals surface area contributed by atoms with Crippen LogP contribution in [0.2, 0.25) is 0 Å². The van der Waals surface area contributed by atoms with E-state index in [1.165, 1.54) is 6.42 Å². The number of nitrogens with one attached hydrogen (secondary N) is 1. The first kappa shape index (κ1) is 12.0. The van der Waals surface area contributed by atoms with E-state index in [-0.39, 0.29) is 6.10 Å². The van der Waals surface area contributed by atoms with Crippen LogP contribution >= 0.6 is 0 Å². The summed E-state index contributed by atoms with van der Waals surface area (Å²) in [6, 6.07) is 0. The number of hydrogen-bond acceptors (Lipinski definition) is 3. The fraction of sp³-hybridized carbons (Fsp3) is 1.00. The molecule has 1 aliphatic rings. The molecule has 84 valence electrons. The summed E-state index contributed by atoms with van der Waals surface area (Å²) >= 11 is 0. The molecule has 3 nitrogen and oxygen atoms in total. The van der Waals surface area contributed by atoms with E-state index in [4.69, 9.17) is 4.74 Å². The van der Waals surface area contributed by atoms with Crippen LogP contribution in [0.3, 0.4) is 0 Å². The minimum Gasteiger partial charge on any atom is -0.393 e. The first-order chi connectivity index (χ1) is 6.83. The Morgan fingerprint density at radius 2 is 2.21 bits per heavy atom. The van der Waals surface area contributed by atoms with Crippen LogP contribution in [-0.4, -0.2) is 37.5 Å². The maximum Gasteiger partial charge on any atom is 0.0590 e. The van der Waals surface area contributed by atoms with E-state index >= 15 is 0 Å². The maximum atomic E-state index is 9.32. The summed E-state index contributed by atoms with van der Waals surface area (Å²) in [5, 5.41) is 12.7. The molecule has 0 aromatic carbocycles. The van der Waals surface area contributed by atoms with Crippen LogP contribution in [-0.2, 0) is 4.74 Å². The molecule has 0 amide bonds. The van der Waals surface area contributed by atoms with E-state index < -0.39 is 0 Å². The van der Waals surface area contributed by atoms with Crippen molar-refractivity contribution in [2.24, 2.45) is 5.92 Å². The van der Waals surface area contributed by atoms with Crippen molar-refractivity contribution in [3.63, 3.8) is 0 Å². The van der Waals surface area contributed by atoms with Crippen molar-refractivity contribution in [2.75, 3.05) is 26.3 Å². The van der Waals surface area contributed by atoms with Crippen LogP contribution in [0.5, 0.6) is 0 Å². The number of rotatable bonds is 7. The van der Waals surface area contributed by atoms with Gasteiger partial charge in [-0.15, -0.1) is 0 Å². The molecule has 0 heterocycles. The molecule has 1 rings (SSSR count). The largest absolute Gasteiger partial charge is 0.393 e. The molecule has 0 radical (unpaired) electrons. The van der Waals surface area contributed by atoms with Crippen LogP contribution in [0.25, 0.3) is 0 Å². The number of aliphatic hydroxyl groups excluding tert-OH is 1. The molecular formula is C11H23NO2. The van der Waals surface area contributed by atoms with Gasteiger partial charge in [0.05, 0.1) is 12.7 Å². The van der Waals surface area contributed by atoms with Crippen LogP contribution in [0.4, 0.5) is 0 Å². The van der Waals surface area contributed by atoms with Crippen LogP contribution in [0.1, 0.15) is 32.6 Å². The summed E-state index contributed by atoms with van der Waals surface area (Å²) in [7, 11) is 0. The Morgan fingerprint density at radius 1 is 1.36 bits per heavy atom. The van der Waals surface area contributed by atoms with Crippen molar-refractivity contribution in [1.82, 2.24) is 5.32 Å². The second-order valence-electron chi connectivity index (χ2n) is 4.15. The Hall–Kier alpha value is -0.120. The van der Waals surface area contributed by atoms with Gasteiger partial charge in [0.1, 0.15) is 0 Å². The van der Waals surface area contributed by atoms with Crippen molar-refractivity contribution >= 4 is 0 Å². The summed E-state index contributed by atoms with van der Waals surface area (Å²) < 4.78 is 5.36. The third kappa shape index (κ3) is 4.94. The van der Waals surface area contributed by atoms with Gasteiger partial charge in [0.15, 0.2) is 0 Å². The molecule has 0 saturated heterocycles. The molecule has 1 aliphatic carbocycles.